The van der Waals surface area contributed by atoms with Crippen LogP contribution < -0.4 is 15.4 Å². The summed E-state index contributed by atoms with van der Waals surface area (Å²) in [6, 6.07) is 13.6. The van der Waals surface area contributed by atoms with Crippen molar-refractivity contribution >= 4 is 35.0 Å². The van der Waals surface area contributed by atoms with Crippen LogP contribution in [0.3, 0.4) is 0 Å². The van der Waals surface area contributed by atoms with Crippen LogP contribution in [0.25, 0.3) is 0 Å². The highest BCUT2D eigenvalue weighted by Gasteiger charge is 2.15. The number of anilines is 2. The smallest absolute Gasteiger partial charge is 0.224 e. The van der Waals surface area contributed by atoms with Crippen LogP contribution >= 0.6 is 11.8 Å². The van der Waals surface area contributed by atoms with Gasteiger partial charge in [-0.15, -0.1) is 0 Å². The molecule has 0 saturated heterocycles. The van der Waals surface area contributed by atoms with Crippen molar-refractivity contribution in [2.45, 2.75) is 31.4 Å². The quantitative estimate of drug-likeness (QED) is 0.668. The molecule has 0 saturated carbocycles. The van der Waals surface area contributed by atoms with E-state index in [2.05, 4.69) is 16.9 Å². The molecule has 0 aliphatic carbocycles. The molecular weight excluding hydrogens is 360 g/mol. The zero-order valence-electron chi connectivity index (χ0n) is 15.4. The summed E-state index contributed by atoms with van der Waals surface area (Å²) in [4.78, 5) is 23.4. The first-order valence-electron chi connectivity index (χ1n) is 9.07. The van der Waals surface area contributed by atoms with Crippen molar-refractivity contribution < 1.29 is 14.3 Å². The van der Waals surface area contributed by atoms with Gasteiger partial charge in [0, 0.05) is 30.0 Å². The van der Waals surface area contributed by atoms with Gasteiger partial charge >= 0.3 is 0 Å². The van der Waals surface area contributed by atoms with Gasteiger partial charge in [-0.3, -0.25) is 9.59 Å². The summed E-state index contributed by atoms with van der Waals surface area (Å²) >= 11 is 1.77. The lowest BCUT2D eigenvalue weighted by atomic mass is 10.0. The van der Waals surface area contributed by atoms with Crippen molar-refractivity contribution in [2.75, 3.05) is 23.5 Å². The maximum atomic E-state index is 12.0. The van der Waals surface area contributed by atoms with E-state index in [0.717, 1.165) is 34.9 Å². The van der Waals surface area contributed by atoms with Gasteiger partial charge in [0.2, 0.25) is 11.8 Å². The zero-order valence-corrected chi connectivity index (χ0v) is 16.2. The van der Waals surface area contributed by atoms with E-state index in [9.17, 15) is 9.59 Å². The molecule has 0 bridgehead atoms. The van der Waals surface area contributed by atoms with E-state index in [1.165, 1.54) is 5.56 Å². The van der Waals surface area contributed by atoms with Crippen LogP contribution in [0.15, 0.2) is 42.5 Å². The van der Waals surface area contributed by atoms with Crippen LogP contribution in [0.2, 0.25) is 0 Å². The molecule has 2 aromatic carbocycles. The Labute approximate surface area is 163 Å². The molecule has 0 fully saturated rings. The largest absolute Gasteiger partial charge is 0.494 e. The molecule has 27 heavy (non-hydrogen) atoms. The number of aryl methyl sites for hydroxylation is 1. The Bertz CT molecular complexity index is 806. The molecule has 0 spiro atoms. The first kappa shape index (κ1) is 19.3. The molecular formula is C21H24N2O3S. The van der Waals surface area contributed by atoms with E-state index in [-0.39, 0.29) is 11.8 Å². The molecule has 0 unspecified atom stereocenters. The molecule has 6 heteroatoms. The lowest BCUT2D eigenvalue weighted by Crippen LogP contribution is -2.18. The van der Waals surface area contributed by atoms with Crippen LogP contribution in [0.1, 0.15) is 30.4 Å². The number of benzene rings is 2. The van der Waals surface area contributed by atoms with Crippen LogP contribution in [0.5, 0.6) is 5.75 Å². The lowest BCUT2D eigenvalue weighted by molar-refractivity contribution is -0.117. The van der Waals surface area contributed by atoms with Crippen molar-refractivity contribution in [1.29, 1.82) is 0 Å². The average molecular weight is 385 g/mol. The number of carbonyl (C=O) groups excluding carboxylic acids is 2. The second-order valence-electron chi connectivity index (χ2n) is 6.50. The van der Waals surface area contributed by atoms with Gasteiger partial charge in [-0.2, -0.15) is 11.8 Å². The van der Waals surface area contributed by atoms with Gasteiger partial charge in [0.05, 0.1) is 6.61 Å². The fourth-order valence-electron chi connectivity index (χ4n) is 2.95. The van der Waals surface area contributed by atoms with Gasteiger partial charge in [-0.1, -0.05) is 12.1 Å². The molecule has 3 rings (SSSR count). The van der Waals surface area contributed by atoms with Crippen LogP contribution in [0.4, 0.5) is 11.4 Å². The number of hydrogen-bond donors (Lipinski definition) is 2. The molecule has 142 valence electrons. The molecule has 5 nitrogen and oxygen atoms in total. The Morgan fingerprint density at radius 2 is 2.00 bits per heavy atom. The molecule has 0 atom stereocenters. The second kappa shape index (κ2) is 9.46. The van der Waals surface area contributed by atoms with Gasteiger partial charge in [-0.25, -0.2) is 0 Å². The molecule has 0 radical (unpaired) electrons. The number of thioether (sulfide) groups is 1. The summed E-state index contributed by atoms with van der Waals surface area (Å²) in [6.45, 7) is 0.477. The number of fused-ring (bicyclic) bond motifs is 1. The Hall–Kier alpha value is -2.47. The van der Waals surface area contributed by atoms with Gasteiger partial charge in [0.15, 0.2) is 0 Å². The Morgan fingerprint density at radius 1 is 1.19 bits per heavy atom. The predicted octanol–water partition coefficient (Wildman–Crippen LogP) is 4.23. The van der Waals surface area contributed by atoms with Crippen molar-refractivity contribution in [3.63, 3.8) is 0 Å². The normalized spacial score (nSPS) is 12.9. The zero-order chi connectivity index (χ0) is 19.1. The molecule has 2 amide bonds. The summed E-state index contributed by atoms with van der Waals surface area (Å²) in [5.41, 5.74) is 4.03. The fraction of sp³-hybridized carbons (Fsp3) is 0.333. The highest BCUT2D eigenvalue weighted by molar-refractivity contribution is 7.97. The van der Waals surface area contributed by atoms with Gasteiger partial charge < -0.3 is 15.4 Å². The molecule has 1 heterocycles. The standard InChI is InChI=1S/C21H24N2O3S/c1-27-14-15-4-7-17(8-5-15)22-20(24)3-2-12-26-18-9-10-19-16(13-18)6-11-21(25)23-19/h4-5,7-10,13H,2-3,6,11-12,14H2,1H3,(H,22,24)(H,23,25). The molecule has 2 N–H and O–H groups in total. The minimum absolute atomic E-state index is 0.00984. The van der Waals surface area contributed by atoms with Crippen molar-refractivity contribution in [2.24, 2.45) is 0 Å². The summed E-state index contributed by atoms with van der Waals surface area (Å²) in [7, 11) is 0. The summed E-state index contributed by atoms with van der Waals surface area (Å²) in [5, 5.41) is 5.77. The number of carbonyl (C=O) groups is 2. The van der Waals surface area contributed by atoms with Crippen LogP contribution in [0, 0.1) is 0 Å². The summed E-state index contributed by atoms with van der Waals surface area (Å²) in [6.07, 6.45) is 4.36. The topological polar surface area (TPSA) is 67.4 Å². The highest BCUT2D eigenvalue weighted by Crippen LogP contribution is 2.26. The number of rotatable bonds is 8. The van der Waals surface area contributed by atoms with E-state index < -0.39 is 0 Å². The van der Waals surface area contributed by atoms with E-state index >= 15 is 0 Å². The van der Waals surface area contributed by atoms with Crippen LogP contribution in [-0.2, 0) is 21.8 Å². The summed E-state index contributed by atoms with van der Waals surface area (Å²) in [5.74, 6) is 1.79. The number of nitrogens with one attached hydrogen (secondary N) is 2. The SMILES string of the molecule is CSCc1ccc(NC(=O)CCCOc2ccc3c(c2)CCC(=O)N3)cc1. The highest BCUT2D eigenvalue weighted by atomic mass is 32.2. The average Bonchev–Trinajstić information content (AvgIpc) is 2.67. The monoisotopic (exact) mass is 384 g/mol. The first-order chi connectivity index (χ1) is 13.1. The van der Waals surface area contributed by atoms with E-state index in [0.29, 0.717) is 25.9 Å². The maximum Gasteiger partial charge on any atom is 0.224 e. The van der Waals surface area contributed by atoms with Gasteiger partial charge in [-0.05, 0) is 60.6 Å². The molecule has 0 aromatic heterocycles. The minimum Gasteiger partial charge on any atom is -0.494 e. The number of amides is 2. The van der Waals surface area contributed by atoms with E-state index in [4.69, 9.17) is 4.74 Å². The summed E-state index contributed by atoms with van der Waals surface area (Å²) < 4.78 is 5.75. The van der Waals surface area contributed by atoms with Gasteiger partial charge in [0.1, 0.15) is 5.75 Å². The molecule has 2 aromatic rings. The van der Waals surface area contributed by atoms with Gasteiger partial charge in [0.25, 0.3) is 0 Å². The molecule has 1 aliphatic heterocycles. The second-order valence-corrected chi connectivity index (χ2v) is 7.36. The third kappa shape index (κ3) is 5.76. The van der Waals surface area contributed by atoms with Crippen molar-refractivity contribution in [3.8, 4) is 5.75 Å². The van der Waals surface area contributed by atoms with Crippen LogP contribution in [-0.4, -0.2) is 24.7 Å². The number of ether oxygens (including phenoxy) is 1. The third-order valence-corrected chi connectivity index (χ3v) is 4.96. The van der Waals surface area contributed by atoms with Crippen molar-refractivity contribution in [1.82, 2.24) is 0 Å². The Kier molecular flexibility index (Phi) is 6.76. The first-order valence-corrected chi connectivity index (χ1v) is 10.5. The Morgan fingerprint density at radius 3 is 2.78 bits per heavy atom. The van der Waals surface area contributed by atoms with Crippen molar-refractivity contribution in [3.05, 3.63) is 53.6 Å². The Balaban J connectivity index is 1.39. The minimum atomic E-state index is -0.00984. The molecule has 1 aliphatic rings. The lowest BCUT2D eigenvalue weighted by Gasteiger charge is -2.17. The predicted molar refractivity (Wildman–Crippen MR) is 110 cm³/mol. The van der Waals surface area contributed by atoms with E-state index in [1.54, 1.807) is 11.8 Å². The fourth-order valence-corrected chi connectivity index (χ4v) is 3.47. The third-order valence-electron chi connectivity index (χ3n) is 4.34. The maximum absolute atomic E-state index is 12.0. The van der Waals surface area contributed by atoms with E-state index in [1.807, 2.05) is 42.5 Å². The number of hydrogen-bond acceptors (Lipinski definition) is 4.